The molecule has 4 nitrogen and oxygen atoms in total. The summed E-state index contributed by atoms with van der Waals surface area (Å²) in [7, 11) is -2.84. The van der Waals surface area contributed by atoms with Crippen LogP contribution in [0.4, 0.5) is 0 Å². The van der Waals surface area contributed by atoms with Crippen LogP contribution in [0.5, 0.6) is 0 Å². The molecule has 1 heterocycles. The molecule has 1 unspecified atom stereocenters. The van der Waals surface area contributed by atoms with Gasteiger partial charge in [0.1, 0.15) is 9.84 Å². The standard InChI is InChI=1S/C10H20N2O2S2/c1-4-10(2)8-15-9(12-10)11-6-5-7-16(3,13)14/h4-8H2,1-3H3,(H,11,12). The fourth-order valence-electron chi connectivity index (χ4n) is 1.34. The van der Waals surface area contributed by atoms with Gasteiger partial charge in [0.25, 0.3) is 0 Å². The lowest BCUT2D eigenvalue weighted by Gasteiger charge is -2.20. The van der Waals surface area contributed by atoms with E-state index in [4.69, 9.17) is 0 Å². The SMILES string of the molecule is CCC1(C)CSC(=NCCCS(C)(=O)=O)N1. The monoisotopic (exact) mass is 264 g/mol. The van der Waals surface area contributed by atoms with E-state index in [1.807, 2.05) is 0 Å². The Morgan fingerprint density at radius 2 is 2.25 bits per heavy atom. The van der Waals surface area contributed by atoms with E-state index in [0.717, 1.165) is 17.3 Å². The molecular formula is C10H20N2O2S2. The Morgan fingerprint density at radius 3 is 2.75 bits per heavy atom. The molecule has 1 aliphatic rings. The van der Waals surface area contributed by atoms with Gasteiger partial charge < -0.3 is 5.32 Å². The normalized spacial score (nSPS) is 28.3. The maximum atomic E-state index is 10.9. The molecule has 0 radical (unpaired) electrons. The number of nitrogens with zero attached hydrogens (tertiary/aromatic N) is 1. The summed E-state index contributed by atoms with van der Waals surface area (Å²) in [6.45, 7) is 4.92. The smallest absolute Gasteiger partial charge is 0.157 e. The minimum atomic E-state index is -2.84. The molecule has 1 rings (SSSR count). The lowest BCUT2D eigenvalue weighted by atomic mass is 10.0. The van der Waals surface area contributed by atoms with Gasteiger partial charge in [-0.3, -0.25) is 4.99 Å². The zero-order chi connectivity index (χ0) is 12.2. The number of amidine groups is 1. The summed E-state index contributed by atoms with van der Waals surface area (Å²) in [6, 6.07) is 0. The summed E-state index contributed by atoms with van der Waals surface area (Å²) < 4.78 is 21.8. The van der Waals surface area contributed by atoms with Gasteiger partial charge in [-0.1, -0.05) is 18.7 Å². The number of thioether (sulfide) groups is 1. The summed E-state index contributed by atoms with van der Waals surface area (Å²) in [5, 5.41) is 4.33. The van der Waals surface area contributed by atoms with Crippen molar-refractivity contribution in [3.05, 3.63) is 0 Å². The molecule has 0 spiro atoms. The highest BCUT2D eigenvalue weighted by Crippen LogP contribution is 2.25. The minimum absolute atomic E-state index is 0.153. The Balaban J connectivity index is 2.32. The minimum Gasteiger partial charge on any atom is -0.359 e. The fraction of sp³-hybridized carbons (Fsp3) is 0.900. The van der Waals surface area contributed by atoms with Crippen molar-refractivity contribution in [1.82, 2.24) is 5.32 Å². The number of aliphatic imine (C=N–C) groups is 1. The summed E-state index contributed by atoms with van der Waals surface area (Å²) in [5.41, 5.74) is 0.153. The van der Waals surface area contributed by atoms with Gasteiger partial charge in [-0.05, 0) is 19.8 Å². The molecule has 16 heavy (non-hydrogen) atoms. The third kappa shape index (κ3) is 4.74. The number of hydrogen-bond donors (Lipinski definition) is 1. The van der Waals surface area contributed by atoms with Crippen molar-refractivity contribution < 1.29 is 8.42 Å². The van der Waals surface area contributed by atoms with Crippen molar-refractivity contribution in [2.75, 3.05) is 24.3 Å². The Kier molecular flexibility index (Phi) is 4.67. The maximum Gasteiger partial charge on any atom is 0.157 e. The van der Waals surface area contributed by atoms with Crippen LogP contribution in [0, 0.1) is 0 Å². The van der Waals surface area contributed by atoms with E-state index in [9.17, 15) is 8.42 Å². The van der Waals surface area contributed by atoms with Crippen LogP contribution in [0.3, 0.4) is 0 Å². The van der Waals surface area contributed by atoms with Gasteiger partial charge in [-0.2, -0.15) is 0 Å². The molecule has 6 heteroatoms. The van der Waals surface area contributed by atoms with Gasteiger partial charge in [0.2, 0.25) is 0 Å². The van der Waals surface area contributed by atoms with Gasteiger partial charge >= 0.3 is 0 Å². The summed E-state index contributed by atoms with van der Waals surface area (Å²) in [6.07, 6.45) is 2.94. The molecule has 0 aromatic heterocycles. The van der Waals surface area contributed by atoms with E-state index in [0.29, 0.717) is 13.0 Å². The first-order valence-electron chi connectivity index (χ1n) is 5.48. The molecular weight excluding hydrogens is 244 g/mol. The first-order chi connectivity index (χ1) is 7.35. The van der Waals surface area contributed by atoms with Crippen molar-refractivity contribution in [3.8, 4) is 0 Å². The lowest BCUT2D eigenvalue weighted by Crippen LogP contribution is -2.39. The topological polar surface area (TPSA) is 58.5 Å². The highest BCUT2D eigenvalue weighted by molar-refractivity contribution is 8.14. The lowest BCUT2D eigenvalue weighted by molar-refractivity contribution is 0.466. The quantitative estimate of drug-likeness (QED) is 0.760. The van der Waals surface area contributed by atoms with E-state index in [2.05, 4.69) is 24.2 Å². The predicted octanol–water partition coefficient (Wildman–Crippen LogP) is 1.28. The molecule has 1 atom stereocenters. The number of nitrogens with one attached hydrogen (secondary N) is 1. The molecule has 0 aliphatic carbocycles. The van der Waals surface area contributed by atoms with E-state index in [-0.39, 0.29) is 11.3 Å². The molecule has 1 fully saturated rings. The third-order valence-corrected chi connectivity index (χ3v) is 4.96. The van der Waals surface area contributed by atoms with Gasteiger partial charge in [-0.15, -0.1) is 0 Å². The maximum absolute atomic E-state index is 10.9. The molecule has 0 saturated carbocycles. The highest BCUT2D eigenvalue weighted by Gasteiger charge is 2.30. The van der Waals surface area contributed by atoms with Crippen molar-refractivity contribution in [2.24, 2.45) is 4.99 Å². The van der Waals surface area contributed by atoms with Crippen LogP contribution < -0.4 is 5.32 Å². The molecule has 0 aromatic carbocycles. The molecule has 1 N–H and O–H groups in total. The van der Waals surface area contributed by atoms with Crippen molar-refractivity contribution >= 4 is 26.8 Å². The number of rotatable bonds is 5. The Bertz CT molecular complexity index is 365. The van der Waals surface area contributed by atoms with Gasteiger partial charge in [0.15, 0.2) is 5.17 Å². The second kappa shape index (κ2) is 5.40. The summed E-state index contributed by atoms with van der Waals surface area (Å²) >= 11 is 1.72. The largest absolute Gasteiger partial charge is 0.359 e. The van der Waals surface area contributed by atoms with Crippen LogP contribution in [0.25, 0.3) is 0 Å². The van der Waals surface area contributed by atoms with Crippen LogP contribution in [-0.2, 0) is 9.84 Å². The molecule has 0 bridgehead atoms. The summed E-state index contributed by atoms with van der Waals surface area (Å²) in [5.74, 6) is 1.26. The second-order valence-corrected chi connectivity index (χ2v) is 7.72. The summed E-state index contributed by atoms with van der Waals surface area (Å²) in [4.78, 5) is 4.37. The van der Waals surface area contributed by atoms with E-state index in [1.54, 1.807) is 11.8 Å². The zero-order valence-corrected chi connectivity index (χ0v) is 11.7. The average molecular weight is 264 g/mol. The zero-order valence-electron chi connectivity index (χ0n) is 10.1. The number of hydrogen-bond acceptors (Lipinski definition) is 4. The predicted molar refractivity (Wildman–Crippen MR) is 70.9 cm³/mol. The molecule has 0 aromatic rings. The van der Waals surface area contributed by atoms with E-state index < -0.39 is 9.84 Å². The first kappa shape index (κ1) is 13.8. The van der Waals surface area contributed by atoms with Crippen LogP contribution in [0.1, 0.15) is 26.7 Å². The van der Waals surface area contributed by atoms with Crippen LogP contribution >= 0.6 is 11.8 Å². The number of sulfone groups is 1. The Morgan fingerprint density at radius 1 is 1.56 bits per heavy atom. The van der Waals surface area contributed by atoms with Gasteiger partial charge in [-0.25, -0.2) is 8.42 Å². The van der Waals surface area contributed by atoms with Gasteiger partial charge in [0, 0.05) is 24.1 Å². The third-order valence-electron chi connectivity index (χ3n) is 2.65. The van der Waals surface area contributed by atoms with Crippen LogP contribution in [0.15, 0.2) is 4.99 Å². The van der Waals surface area contributed by atoms with Crippen molar-refractivity contribution in [2.45, 2.75) is 32.2 Å². The van der Waals surface area contributed by atoms with Crippen molar-refractivity contribution in [3.63, 3.8) is 0 Å². The van der Waals surface area contributed by atoms with Gasteiger partial charge in [0.05, 0.1) is 5.75 Å². The first-order valence-corrected chi connectivity index (χ1v) is 8.52. The van der Waals surface area contributed by atoms with Crippen molar-refractivity contribution in [1.29, 1.82) is 0 Å². The second-order valence-electron chi connectivity index (χ2n) is 4.50. The Labute approximate surface area is 102 Å². The molecule has 1 saturated heterocycles. The van der Waals surface area contributed by atoms with Crippen LogP contribution in [-0.4, -0.2) is 43.4 Å². The molecule has 0 amide bonds. The Hall–Kier alpha value is -0.230. The molecule has 1 aliphatic heterocycles. The highest BCUT2D eigenvalue weighted by atomic mass is 32.2. The van der Waals surface area contributed by atoms with E-state index >= 15 is 0 Å². The average Bonchev–Trinajstić information content (AvgIpc) is 2.55. The molecule has 94 valence electrons. The van der Waals surface area contributed by atoms with E-state index in [1.165, 1.54) is 6.26 Å². The fourth-order valence-corrected chi connectivity index (χ4v) is 3.23. The van der Waals surface area contributed by atoms with Crippen LogP contribution in [0.2, 0.25) is 0 Å².